The molecule has 0 aliphatic heterocycles. The fourth-order valence-electron chi connectivity index (χ4n) is 0.806. The van der Waals surface area contributed by atoms with E-state index in [1.54, 1.807) is 6.20 Å². The van der Waals surface area contributed by atoms with E-state index in [-0.39, 0.29) is 0 Å². The summed E-state index contributed by atoms with van der Waals surface area (Å²) in [5.74, 6) is 1.12. The van der Waals surface area contributed by atoms with Gasteiger partial charge in [-0.2, -0.15) is 11.8 Å². The molecule has 1 heterocycles. The highest BCUT2D eigenvalue weighted by atomic mass is 79.9. The topological polar surface area (TPSA) is 24.9 Å². The molecule has 12 heavy (non-hydrogen) atoms. The summed E-state index contributed by atoms with van der Waals surface area (Å²) in [4.78, 5) is 4.05. The molecule has 4 heteroatoms. The Labute approximate surface area is 85.3 Å². The van der Waals surface area contributed by atoms with Gasteiger partial charge in [-0.3, -0.25) is 4.98 Å². The number of thioether (sulfide) groups is 1. The summed E-state index contributed by atoms with van der Waals surface area (Å²) in [6.45, 7) is 0.985. The van der Waals surface area contributed by atoms with Crippen LogP contribution in [0.4, 0.5) is 5.69 Å². The highest BCUT2D eigenvalue weighted by Crippen LogP contribution is 2.13. The number of hydrogen-bond donors (Lipinski definition) is 1. The fourth-order valence-corrected chi connectivity index (χ4v) is 1.48. The Morgan fingerprint density at radius 3 is 3.08 bits per heavy atom. The van der Waals surface area contributed by atoms with Crippen LogP contribution in [-0.2, 0) is 0 Å². The van der Waals surface area contributed by atoms with Gasteiger partial charge >= 0.3 is 0 Å². The van der Waals surface area contributed by atoms with Crippen LogP contribution in [0.5, 0.6) is 0 Å². The molecule has 0 spiro atoms. The second-order valence-corrected chi connectivity index (χ2v) is 4.21. The van der Waals surface area contributed by atoms with Gasteiger partial charge in [0.05, 0.1) is 11.9 Å². The van der Waals surface area contributed by atoms with Crippen LogP contribution >= 0.6 is 27.7 Å². The Morgan fingerprint density at radius 2 is 2.42 bits per heavy atom. The zero-order valence-electron chi connectivity index (χ0n) is 6.88. The highest BCUT2D eigenvalue weighted by molar-refractivity contribution is 9.10. The maximum absolute atomic E-state index is 4.05. The summed E-state index contributed by atoms with van der Waals surface area (Å²) in [5, 5.41) is 3.27. The number of hydrogen-bond acceptors (Lipinski definition) is 3. The number of aromatic nitrogens is 1. The molecule has 0 fully saturated rings. The third-order valence-corrected chi connectivity index (χ3v) is 2.39. The zero-order chi connectivity index (χ0) is 8.81. The highest BCUT2D eigenvalue weighted by Gasteiger charge is 1.92. The largest absolute Gasteiger partial charge is 0.383 e. The van der Waals surface area contributed by atoms with Crippen molar-refractivity contribution in [3.05, 3.63) is 22.9 Å². The van der Waals surface area contributed by atoms with Crippen molar-refractivity contribution in [1.82, 2.24) is 4.98 Å². The first-order valence-corrected chi connectivity index (χ1v) is 5.85. The van der Waals surface area contributed by atoms with Crippen LogP contribution in [0, 0.1) is 0 Å². The Kier molecular flexibility index (Phi) is 4.46. The molecule has 0 bridgehead atoms. The smallest absolute Gasteiger partial charge is 0.0538 e. The normalized spacial score (nSPS) is 9.83. The molecule has 0 aromatic carbocycles. The summed E-state index contributed by atoms with van der Waals surface area (Å²) in [6, 6.07) is 2.02. The first-order chi connectivity index (χ1) is 5.83. The van der Waals surface area contributed by atoms with Crippen molar-refractivity contribution in [3.63, 3.8) is 0 Å². The average Bonchev–Trinajstić information content (AvgIpc) is 2.05. The summed E-state index contributed by atoms with van der Waals surface area (Å²) >= 11 is 5.19. The van der Waals surface area contributed by atoms with Crippen molar-refractivity contribution >= 4 is 33.4 Å². The molecule has 2 nitrogen and oxygen atoms in total. The Morgan fingerprint density at radius 1 is 1.58 bits per heavy atom. The van der Waals surface area contributed by atoms with E-state index in [2.05, 4.69) is 32.5 Å². The Balaban J connectivity index is 2.41. The SMILES string of the molecule is CSCCNc1cncc(Br)c1. The predicted octanol–water partition coefficient (Wildman–Crippen LogP) is 2.62. The van der Waals surface area contributed by atoms with Crippen LogP contribution in [0.3, 0.4) is 0 Å². The summed E-state index contributed by atoms with van der Waals surface area (Å²) < 4.78 is 1.01. The van der Waals surface area contributed by atoms with Crippen LogP contribution in [0.2, 0.25) is 0 Å². The number of halogens is 1. The molecule has 1 aromatic rings. The van der Waals surface area contributed by atoms with Crippen molar-refractivity contribution < 1.29 is 0 Å². The lowest BCUT2D eigenvalue weighted by Crippen LogP contribution is -2.03. The number of nitrogens with one attached hydrogen (secondary N) is 1. The van der Waals surface area contributed by atoms with Gasteiger partial charge < -0.3 is 5.32 Å². The van der Waals surface area contributed by atoms with Gasteiger partial charge in [-0.05, 0) is 28.3 Å². The van der Waals surface area contributed by atoms with Crippen molar-refractivity contribution in [3.8, 4) is 0 Å². The second-order valence-electron chi connectivity index (χ2n) is 2.31. The third kappa shape index (κ3) is 3.45. The molecule has 66 valence electrons. The minimum atomic E-state index is 0.985. The molecule has 0 amide bonds. The Bertz CT molecular complexity index is 242. The maximum atomic E-state index is 4.05. The molecule has 0 unspecified atom stereocenters. The predicted molar refractivity (Wildman–Crippen MR) is 58.8 cm³/mol. The lowest BCUT2D eigenvalue weighted by molar-refractivity contribution is 1.20. The molecule has 0 saturated carbocycles. The monoisotopic (exact) mass is 246 g/mol. The van der Waals surface area contributed by atoms with Gasteiger partial charge in [0.15, 0.2) is 0 Å². The van der Waals surface area contributed by atoms with E-state index in [4.69, 9.17) is 0 Å². The van der Waals surface area contributed by atoms with Crippen LogP contribution < -0.4 is 5.32 Å². The van der Waals surface area contributed by atoms with E-state index in [0.29, 0.717) is 0 Å². The van der Waals surface area contributed by atoms with Crippen LogP contribution in [0.15, 0.2) is 22.9 Å². The van der Waals surface area contributed by atoms with E-state index in [1.165, 1.54) is 0 Å². The molecule has 0 atom stereocenters. The van der Waals surface area contributed by atoms with E-state index >= 15 is 0 Å². The minimum absolute atomic E-state index is 0.985. The van der Waals surface area contributed by atoms with E-state index in [9.17, 15) is 0 Å². The second kappa shape index (κ2) is 5.43. The molecule has 1 N–H and O–H groups in total. The first-order valence-electron chi connectivity index (χ1n) is 3.66. The van der Waals surface area contributed by atoms with Gasteiger partial charge in [-0.15, -0.1) is 0 Å². The molecular formula is C8H11BrN2S. The van der Waals surface area contributed by atoms with Crippen LogP contribution in [-0.4, -0.2) is 23.5 Å². The lowest BCUT2D eigenvalue weighted by Gasteiger charge is -2.03. The number of rotatable bonds is 4. The van der Waals surface area contributed by atoms with Gasteiger partial charge in [0.25, 0.3) is 0 Å². The maximum Gasteiger partial charge on any atom is 0.0538 e. The standard InChI is InChI=1S/C8H11BrN2S/c1-12-3-2-11-8-4-7(9)5-10-6-8/h4-6,11H,2-3H2,1H3. The van der Waals surface area contributed by atoms with Gasteiger partial charge in [-0.25, -0.2) is 0 Å². The van der Waals surface area contributed by atoms with Gasteiger partial charge in [0.2, 0.25) is 0 Å². The fraction of sp³-hybridized carbons (Fsp3) is 0.375. The Hall–Kier alpha value is -0.220. The molecule has 0 aliphatic rings. The number of nitrogens with zero attached hydrogens (tertiary/aromatic N) is 1. The molecule has 0 saturated heterocycles. The molecule has 1 aromatic heterocycles. The van der Waals surface area contributed by atoms with E-state index in [0.717, 1.165) is 22.5 Å². The zero-order valence-corrected chi connectivity index (χ0v) is 9.28. The summed E-state index contributed by atoms with van der Waals surface area (Å²) in [5.41, 5.74) is 1.07. The van der Waals surface area contributed by atoms with E-state index in [1.807, 2.05) is 24.0 Å². The molecule has 1 rings (SSSR count). The van der Waals surface area contributed by atoms with Crippen LogP contribution in [0.25, 0.3) is 0 Å². The van der Waals surface area contributed by atoms with Crippen molar-refractivity contribution in [2.75, 3.05) is 23.9 Å². The van der Waals surface area contributed by atoms with E-state index < -0.39 is 0 Å². The summed E-state index contributed by atoms with van der Waals surface area (Å²) in [6.07, 6.45) is 5.70. The van der Waals surface area contributed by atoms with Crippen molar-refractivity contribution in [2.24, 2.45) is 0 Å². The van der Waals surface area contributed by atoms with Crippen molar-refractivity contribution in [2.45, 2.75) is 0 Å². The lowest BCUT2D eigenvalue weighted by atomic mass is 10.4. The van der Waals surface area contributed by atoms with Gasteiger partial charge in [0, 0.05) is 23.0 Å². The molecule has 0 aliphatic carbocycles. The van der Waals surface area contributed by atoms with Crippen LogP contribution in [0.1, 0.15) is 0 Å². The first kappa shape index (κ1) is 9.86. The van der Waals surface area contributed by atoms with Gasteiger partial charge in [0.1, 0.15) is 0 Å². The minimum Gasteiger partial charge on any atom is -0.383 e. The molecule has 0 radical (unpaired) electrons. The third-order valence-electron chi connectivity index (χ3n) is 1.34. The number of pyridine rings is 1. The molecular weight excluding hydrogens is 236 g/mol. The summed E-state index contributed by atoms with van der Waals surface area (Å²) in [7, 11) is 0. The number of anilines is 1. The quantitative estimate of drug-likeness (QED) is 0.828. The van der Waals surface area contributed by atoms with Crippen molar-refractivity contribution in [1.29, 1.82) is 0 Å². The average molecular weight is 247 g/mol. The van der Waals surface area contributed by atoms with Gasteiger partial charge in [-0.1, -0.05) is 0 Å².